The first-order valence-electron chi connectivity index (χ1n) is 9.67. The fraction of sp³-hybridized carbons (Fsp3) is 0.0385. The monoisotopic (exact) mass is 414 g/mol. The number of phenolic OH excluding ortho intramolecular Hbond substituents is 1. The van der Waals surface area contributed by atoms with Crippen LogP contribution in [-0.2, 0) is 4.79 Å². The summed E-state index contributed by atoms with van der Waals surface area (Å²) in [7, 11) is 0. The Kier molecular flexibility index (Phi) is 5.67. The molecule has 0 heterocycles. The van der Waals surface area contributed by atoms with Crippen molar-refractivity contribution in [2.75, 3.05) is 0 Å². The minimum Gasteiger partial charge on any atom is -0.508 e. The molecule has 0 radical (unpaired) electrons. The summed E-state index contributed by atoms with van der Waals surface area (Å²) in [6.07, 6.45) is 3.28. The zero-order valence-corrected chi connectivity index (χ0v) is 16.5. The van der Waals surface area contributed by atoms with Crippen LogP contribution in [0.5, 0.6) is 17.2 Å². The van der Waals surface area contributed by atoms with E-state index in [4.69, 9.17) is 9.84 Å². The third kappa shape index (κ3) is 4.73. The van der Waals surface area contributed by atoms with Gasteiger partial charge in [-0.05, 0) is 65.0 Å². The molecule has 2 N–H and O–H groups in total. The highest BCUT2D eigenvalue weighted by Crippen LogP contribution is 2.40. The van der Waals surface area contributed by atoms with Crippen LogP contribution >= 0.6 is 0 Å². The average Bonchev–Trinajstić information content (AvgIpc) is 2.75. The second-order valence-corrected chi connectivity index (χ2v) is 7.03. The van der Waals surface area contributed by atoms with Crippen LogP contribution < -0.4 is 4.74 Å². The molecule has 0 unspecified atom stereocenters. The van der Waals surface area contributed by atoms with Crippen molar-refractivity contribution in [3.05, 3.63) is 96.3 Å². The van der Waals surface area contributed by atoms with Gasteiger partial charge in [0.25, 0.3) is 0 Å². The molecular weight excluding hydrogens is 395 g/mol. The molecular formula is C26H19FO4. The number of phenols is 1. The number of carboxylic acid groups (broad SMARTS) is 1. The first-order valence-corrected chi connectivity index (χ1v) is 9.67. The molecule has 4 aromatic carbocycles. The predicted octanol–water partition coefficient (Wildman–Crippen LogP) is 6.63. The van der Waals surface area contributed by atoms with E-state index >= 15 is 0 Å². The highest BCUT2D eigenvalue weighted by molar-refractivity contribution is 5.96. The molecule has 5 heteroatoms. The zero-order valence-electron chi connectivity index (χ0n) is 16.5. The second-order valence-electron chi connectivity index (χ2n) is 7.03. The maximum Gasteiger partial charge on any atom is 0.307 e. The molecule has 31 heavy (non-hydrogen) atoms. The minimum atomic E-state index is -0.883. The van der Waals surface area contributed by atoms with Gasteiger partial charge in [0.2, 0.25) is 0 Å². The summed E-state index contributed by atoms with van der Waals surface area (Å²) in [4.78, 5) is 10.6. The Balaban J connectivity index is 1.73. The number of carbonyl (C=O) groups is 1. The Bertz CT molecular complexity index is 1260. The molecule has 4 rings (SSSR count). The highest BCUT2D eigenvalue weighted by Gasteiger charge is 2.13. The lowest BCUT2D eigenvalue weighted by Gasteiger charge is -2.15. The van der Waals surface area contributed by atoms with E-state index in [0.29, 0.717) is 11.5 Å². The average molecular weight is 414 g/mol. The van der Waals surface area contributed by atoms with Crippen LogP contribution in [-0.4, -0.2) is 16.2 Å². The Hall–Kier alpha value is -4.12. The first kappa shape index (κ1) is 20.2. The quantitative estimate of drug-likeness (QED) is 0.371. The van der Waals surface area contributed by atoms with Gasteiger partial charge in [0.05, 0.1) is 6.42 Å². The van der Waals surface area contributed by atoms with Crippen molar-refractivity contribution in [3.8, 4) is 28.4 Å². The van der Waals surface area contributed by atoms with Crippen LogP contribution in [0.15, 0.2) is 84.9 Å². The summed E-state index contributed by atoms with van der Waals surface area (Å²) in [6, 6.07) is 22.3. The second kappa shape index (κ2) is 8.71. The summed E-state index contributed by atoms with van der Waals surface area (Å²) in [5, 5.41) is 20.2. The van der Waals surface area contributed by atoms with Gasteiger partial charge in [-0.1, -0.05) is 42.5 Å². The van der Waals surface area contributed by atoms with E-state index in [-0.39, 0.29) is 18.0 Å². The largest absolute Gasteiger partial charge is 0.508 e. The molecule has 0 atom stereocenters. The van der Waals surface area contributed by atoms with Crippen molar-refractivity contribution in [1.82, 2.24) is 0 Å². The van der Waals surface area contributed by atoms with Crippen molar-refractivity contribution in [1.29, 1.82) is 0 Å². The molecule has 0 spiro atoms. The number of aliphatic carboxylic acids is 1. The van der Waals surface area contributed by atoms with Crippen molar-refractivity contribution in [2.45, 2.75) is 6.42 Å². The van der Waals surface area contributed by atoms with Crippen molar-refractivity contribution >= 4 is 22.8 Å². The summed E-state index contributed by atoms with van der Waals surface area (Å²) >= 11 is 0. The molecule has 0 saturated heterocycles. The molecule has 0 bridgehead atoms. The van der Waals surface area contributed by atoms with Gasteiger partial charge in [-0.3, -0.25) is 4.79 Å². The van der Waals surface area contributed by atoms with Crippen LogP contribution in [0.1, 0.15) is 12.0 Å². The van der Waals surface area contributed by atoms with Crippen molar-refractivity contribution in [3.63, 3.8) is 0 Å². The van der Waals surface area contributed by atoms with Crippen molar-refractivity contribution < 1.29 is 24.1 Å². The number of benzene rings is 4. The fourth-order valence-electron chi connectivity index (χ4n) is 3.32. The summed E-state index contributed by atoms with van der Waals surface area (Å²) in [5.74, 6) is 0.151. The number of fused-ring (bicyclic) bond motifs is 1. The summed E-state index contributed by atoms with van der Waals surface area (Å²) in [6.45, 7) is 0. The van der Waals surface area contributed by atoms with E-state index in [1.54, 1.807) is 54.6 Å². The number of ether oxygens (including phenoxy) is 1. The topological polar surface area (TPSA) is 66.8 Å². The highest BCUT2D eigenvalue weighted by atomic mass is 19.1. The van der Waals surface area contributed by atoms with Gasteiger partial charge in [-0.15, -0.1) is 0 Å². The molecule has 0 aliphatic carbocycles. The third-order valence-electron chi connectivity index (χ3n) is 4.81. The van der Waals surface area contributed by atoms with Gasteiger partial charge in [0, 0.05) is 10.9 Å². The zero-order chi connectivity index (χ0) is 21.8. The standard InChI is InChI=1S/C26H19FO4/c27-20-9-6-18(7-10-20)23-14-8-19-16-21(28)11-15-24(19)26(23)31-22-12-4-17(5-13-22)2-1-3-25(29)30/h1-2,4-16,28H,3H2,(H,29,30)/b2-1+. The molecule has 4 nitrogen and oxygen atoms in total. The third-order valence-corrected chi connectivity index (χ3v) is 4.81. The van der Waals surface area contributed by atoms with E-state index in [0.717, 1.165) is 27.5 Å². The van der Waals surface area contributed by atoms with Crippen LogP contribution in [0.2, 0.25) is 0 Å². The lowest BCUT2D eigenvalue weighted by Crippen LogP contribution is -1.91. The number of hydrogen-bond acceptors (Lipinski definition) is 3. The van der Waals surface area contributed by atoms with Gasteiger partial charge in [-0.2, -0.15) is 0 Å². The molecule has 154 valence electrons. The Morgan fingerprint density at radius 3 is 2.39 bits per heavy atom. The predicted molar refractivity (Wildman–Crippen MR) is 119 cm³/mol. The van der Waals surface area contributed by atoms with E-state index in [1.807, 2.05) is 24.3 Å². The molecule has 0 aliphatic heterocycles. The van der Waals surface area contributed by atoms with E-state index in [1.165, 1.54) is 12.1 Å². The lowest BCUT2D eigenvalue weighted by atomic mass is 9.99. The van der Waals surface area contributed by atoms with Gasteiger partial charge >= 0.3 is 5.97 Å². The van der Waals surface area contributed by atoms with Gasteiger partial charge < -0.3 is 14.9 Å². The van der Waals surface area contributed by atoms with Gasteiger partial charge in [0.1, 0.15) is 23.1 Å². The minimum absolute atomic E-state index is 0.0396. The molecule has 0 aromatic heterocycles. The fourth-order valence-corrected chi connectivity index (χ4v) is 3.32. The van der Waals surface area contributed by atoms with E-state index < -0.39 is 5.97 Å². The Morgan fingerprint density at radius 1 is 0.935 bits per heavy atom. The first-order chi connectivity index (χ1) is 15.0. The maximum absolute atomic E-state index is 13.4. The normalized spacial score (nSPS) is 11.1. The number of rotatable bonds is 6. The molecule has 0 fully saturated rings. The van der Waals surface area contributed by atoms with Crippen LogP contribution in [0.25, 0.3) is 28.0 Å². The van der Waals surface area contributed by atoms with Crippen LogP contribution in [0, 0.1) is 5.82 Å². The van der Waals surface area contributed by atoms with Crippen LogP contribution in [0.4, 0.5) is 4.39 Å². The van der Waals surface area contributed by atoms with E-state index in [9.17, 15) is 14.3 Å². The molecule has 4 aromatic rings. The lowest BCUT2D eigenvalue weighted by molar-refractivity contribution is -0.135. The number of aromatic hydroxyl groups is 1. The molecule has 0 aliphatic rings. The van der Waals surface area contributed by atoms with E-state index in [2.05, 4.69) is 0 Å². The number of halogens is 1. The SMILES string of the molecule is O=C(O)C/C=C/c1ccc(Oc2c(-c3ccc(F)cc3)ccc3cc(O)ccc23)cc1. The molecule has 0 saturated carbocycles. The smallest absolute Gasteiger partial charge is 0.307 e. The summed E-state index contributed by atoms with van der Waals surface area (Å²) < 4.78 is 19.7. The summed E-state index contributed by atoms with van der Waals surface area (Å²) in [5.41, 5.74) is 2.46. The Labute approximate surface area is 178 Å². The van der Waals surface area contributed by atoms with Gasteiger partial charge in [0.15, 0.2) is 0 Å². The Morgan fingerprint density at radius 2 is 1.68 bits per heavy atom. The molecule has 0 amide bonds. The number of carboxylic acids is 1. The van der Waals surface area contributed by atoms with Crippen molar-refractivity contribution in [2.24, 2.45) is 0 Å². The van der Waals surface area contributed by atoms with Gasteiger partial charge in [-0.25, -0.2) is 4.39 Å². The number of hydrogen-bond donors (Lipinski definition) is 2. The van der Waals surface area contributed by atoms with Crippen LogP contribution in [0.3, 0.4) is 0 Å². The maximum atomic E-state index is 13.4.